The monoisotopic (exact) mass is 266 g/mol. The van der Waals surface area contributed by atoms with Gasteiger partial charge in [-0.2, -0.15) is 5.10 Å². The van der Waals surface area contributed by atoms with E-state index in [0.29, 0.717) is 25.9 Å². The number of piperidine rings is 1. The Morgan fingerprint density at radius 1 is 1.63 bits per heavy atom. The van der Waals surface area contributed by atoms with Crippen molar-refractivity contribution in [3.8, 4) is 0 Å². The molecule has 7 heteroatoms. The minimum absolute atomic E-state index is 0.0563. The van der Waals surface area contributed by atoms with E-state index in [1.165, 1.54) is 0 Å². The van der Waals surface area contributed by atoms with Crippen LogP contribution in [0.25, 0.3) is 0 Å². The number of aromatic nitrogens is 2. The third-order valence-corrected chi connectivity index (χ3v) is 3.48. The highest BCUT2D eigenvalue weighted by molar-refractivity contribution is 5.75. The Bertz CT molecular complexity index is 446. The number of likely N-dealkylation sites (tertiary alicyclic amines) is 1. The molecule has 1 aliphatic heterocycles. The van der Waals surface area contributed by atoms with Crippen LogP contribution >= 0.6 is 0 Å². The number of nitrogens with one attached hydrogen (secondary N) is 2. The number of carbonyl (C=O) groups is 2. The molecule has 19 heavy (non-hydrogen) atoms. The SMILES string of the molecule is CC1CC(C(=O)O)CCN1C(=O)NCc1cn[nH]c1. The van der Waals surface area contributed by atoms with Gasteiger partial charge in [-0.25, -0.2) is 4.79 Å². The Balaban J connectivity index is 1.84. The van der Waals surface area contributed by atoms with E-state index < -0.39 is 5.97 Å². The van der Waals surface area contributed by atoms with Crippen molar-refractivity contribution in [2.45, 2.75) is 32.4 Å². The summed E-state index contributed by atoms with van der Waals surface area (Å²) in [6.07, 6.45) is 4.40. The molecule has 2 rings (SSSR count). The number of carboxylic acids is 1. The van der Waals surface area contributed by atoms with E-state index in [-0.39, 0.29) is 18.0 Å². The van der Waals surface area contributed by atoms with E-state index >= 15 is 0 Å². The third-order valence-electron chi connectivity index (χ3n) is 3.48. The molecule has 1 fully saturated rings. The number of carboxylic acid groups (broad SMARTS) is 1. The van der Waals surface area contributed by atoms with Gasteiger partial charge in [0.15, 0.2) is 0 Å². The van der Waals surface area contributed by atoms with Gasteiger partial charge in [-0.05, 0) is 19.8 Å². The number of rotatable bonds is 3. The van der Waals surface area contributed by atoms with Gasteiger partial charge < -0.3 is 15.3 Å². The van der Waals surface area contributed by atoms with Crippen LogP contribution < -0.4 is 5.32 Å². The van der Waals surface area contributed by atoms with Crippen LogP contribution in [0.5, 0.6) is 0 Å². The number of amides is 2. The molecular formula is C12H18N4O3. The fourth-order valence-corrected chi connectivity index (χ4v) is 2.35. The van der Waals surface area contributed by atoms with Gasteiger partial charge in [0, 0.05) is 30.9 Å². The molecule has 1 aromatic rings. The molecule has 1 aliphatic rings. The molecule has 0 spiro atoms. The van der Waals surface area contributed by atoms with Crippen LogP contribution in [0.3, 0.4) is 0 Å². The van der Waals surface area contributed by atoms with Crippen molar-refractivity contribution in [1.29, 1.82) is 0 Å². The first-order chi connectivity index (χ1) is 9.08. The quantitative estimate of drug-likeness (QED) is 0.753. The Morgan fingerprint density at radius 3 is 3.00 bits per heavy atom. The van der Waals surface area contributed by atoms with Crippen LogP contribution in [0.1, 0.15) is 25.3 Å². The van der Waals surface area contributed by atoms with Crippen LogP contribution in [0.2, 0.25) is 0 Å². The maximum Gasteiger partial charge on any atom is 0.317 e. The second-order valence-electron chi connectivity index (χ2n) is 4.87. The van der Waals surface area contributed by atoms with Crippen LogP contribution in [0.15, 0.2) is 12.4 Å². The maximum atomic E-state index is 12.0. The van der Waals surface area contributed by atoms with Crippen molar-refractivity contribution in [3.05, 3.63) is 18.0 Å². The highest BCUT2D eigenvalue weighted by Gasteiger charge is 2.32. The summed E-state index contributed by atoms with van der Waals surface area (Å²) in [6.45, 7) is 2.78. The summed E-state index contributed by atoms with van der Waals surface area (Å²) in [4.78, 5) is 24.6. The average Bonchev–Trinajstić information content (AvgIpc) is 2.88. The van der Waals surface area contributed by atoms with Gasteiger partial charge in [-0.3, -0.25) is 9.89 Å². The highest BCUT2D eigenvalue weighted by atomic mass is 16.4. The molecule has 2 atom stereocenters. The second-order valence-corrected chi connectivity index (χ2v) is 4.87. The number of carbonyl (C=O) groups excluding carboxylic acids is 1. The first kappa shape index (κ1) is 13.4. The second kappa shape index (κ2) is 5.73. The van der Waals surface area contributed by atoms with Gasteiger partial charge in [0.05, 0.1) is 12.1 Å². The molecule has 2 unspecified atom stereocenters. The molecule has 0 aliphatic carbocycles. The van der Waals surface area contributed by atoms with Gasteiger partial charge in [-0.15, -0.1) is 0 Å². The summed E-state index contributed by atoms with van der Waals surface area (Å²) in [5.74, 6) is -1.11. The lowest BCUT2D eigenvalue weighted by atomic mass is 9.92. The number of hydrogen-bond acceptors (Lipinski definition) is 3. The van der Waals surface area contributed by atoms with E-state index in [0.717, 1.165) is 5.56 Å². The maximum absolute atomic E-state index is 12.0. The standard InChI is InChI=1S/C12H18N4O3/c1-8-4-10(11(17)18)2-3-16(8)12(19)13-5-9-6-14-15-7-9/h6-8,10H,2-5H2,1H3,(H,13,19)(H,14,15)(H,17,18). The summed E-state index contributed by atoms with van der Waals surface area (Å²) < 4.78 is 0. The Labute approximate surface area is 111 Å². The Kier molecular flexibility index (Phi) is 4.03. The van der Waals surface area contributed by atoms with Crippen molar-refractivity contribution < 1.29 is 14.7 Å². The van der Waals surface area contributed by atoms with Gasteiger partial charge in [0.25, 0.3) is 0 Å². The molecular weight excluding hydrogens is 248 g/mol. The molecule has 2 amide bonds. The molecule has 0 saturated carbocycles. The van der Waals surface area contributed by atoms with E-state index in [1.54, 1.807) is 17.3 Å². The lowest BCUT2D eigenvalue weighted by Gasteiger charge is -2.36. The Hall–Kier alpha value is -2.05. The summed E-state index contributed by atoms with van der Waals surface area (Å²) in [5, 5.41) is 18.3. The minimum atomic E-state index is -0.773. The van der Waals surface area contributed by atoms with Crippen molar-refractivity contribution in [1.82, 2.24) is 20.4 Å². The smallest absolute Gasteiger partial charge is 0.317 e. The first-order valence-electron chi connectivity index (χ1n) is 6.33. The predicted molar refractivity (Wildman–Crippen MR) is 67.4 cm³/mol. The fraction of sp³-hybridized carbons (Fsp3) is 0.583. The molecule has 0 bridgehead atoms. The van der Waals surface area contributed by atoms with E-state index in [4.69, 9.17) is 5.11 Å². The zero-order chi connectivity index (χ0) is 13.8. The van der Waals surface area contributed by atoms with Crippen molar-refractivity contribution in [2.75, 3.05) is 6.54 Å². The summed E-state index contributed by atoms with van der Waals surface area (Å²) in [5.41, 5.74) is 0.904. The van der Waals surface area contributed by atoms with Crippen molar-refractivity contribution >= 4 is 12.0 Å². The zero-order valence-electron chi connectivity index (χ0n) is 10.8. The molecule has 2 heterocycles. The number of hydrogen-bond donors (Lipinski definition) is 3. The average molecular weight is 266 g/mol. The number of urea groups is 1. The number of aliphatic carboxylic acids is 1. The predicted octanol–water partition coefficient (Wildman–Crippen LogP) is 0.804. The van der Waals surface area contributed by atoms with Crippen LogP contribution in [-0.4, -0.2) is 44.8 Å². The summed E-state index contributed by atoms with van der Waals surface area (Å²) in [6, 6.07) is -0.211. The number of nitrogens with zero attached hydrogens (tertiary/aromatic N) is 2. The van der Waals surface area contributed by atoms with E-state index in [1.807, 2.05) is 6.92 Å². The fourth-order valence-electron chi connectivity index (χ4n) is 2.35. The van der Waals surface area contributed by atoms with Crippen molar-refractivity contribution in [3.63, 3.8) is 0 Å². The van der Waals surface area contributed by atoms with Crippen LogP contribution in [-0.2, 0) is 11.3 Å². The molecule has 0 radical (unpaired) electrons. The topological polar surface area (TPSA) is 98.3 Å². The van der Waals surface area contributed by atoms with Crippen LogP contribution in [0.4, 0.5) is 4.79 Å². The summed E-state index contributed by atoms with van der Waals surface area (Å²) >= 11 is 0. The minimum Gasteiger partial charge on any atom is -0.481 e. The van der Waals surface area contributed by atoms with Crippen LogP contribution in [0, 0.1) is 5.92 Å². The summed E-state index contributed by atoms with van der Waals surface area (Å²) in [7, 11) is 0. The highest BCUT2D eigenvalue weighted by Crippen LogP contribution is 2.22. The zero-order valence-corrected chi connectivity index (χ0v) is 10.8. The molecule has 3 N–H and O–H groups in total. The number of H-pyrrole nitrogens is 1. The lowest BCUT2D eigenvalue weighted by Crippen LogP contribution is -2.49. The molecule has 0 aromatic carbocycles. The third kappa shape index (κ3) is 3.24. The molecule has 1 aromatic heterocycles. The van der Waals surface area contributed by atoms with Gasteiger partial charge in [0.2, 0.25) is 0 Å². The Morgan fingerprint density at radius 2 is 2.42 bits per heavy atom. The lowest BCUT2D eigenvalue weighted by molar-refractivity contribution is -0.143. The molecule has 7 nitrogen and oxygen atoms in total. The van der Waals surface area contributed by atoms with E-state index in [2.05, 4.69) is 15.5 Å². The van der Waals surface area contributed by atoms with Gasteiger partial charge in [0.1, 0.15) is 0 Å². The van der Waals surface area contributed by atoms with Gasteiger partial charge in [-0.1, -0.05) is 0 Å². The van der Waals surface area contributed by atoms with Gasteiger partial charge >= 0.3 is 12.0 Å². The number of aromatic amines is 1. The normalized spacial score (nSPS) is 23.1. The molecule has 104 valence electrons. The molecule has 1 saturated heterocycles. The largest absolute Gasteiger partial charge is 0.481 e. The first-order valence-corrected chi connectivity index (χ1v) is 6.33. The van der Waals surface area contributed by atoms with E-state index in [9.17, 15) is 9.59 Å². The van der Waals surface area contributed by atoms with Crippen molar-refractivity contribution in [2.24, 2.45) is 5.92 Å².